The van der Waals surface area contributed by atoms with E-state index in [0.29, 0.717) is 12.2 Å². The third kappa shape index (κ3) is 2.54. The van der Waals surface area contributed by atoms with Crippen molar-refractivity contribution in [2.75, 3.05) is 11.4 Å². The lowest BCUT2D eigenvalue weighted by atomic mass is 9.99. The van der Waals surface area contributed by atoms with Crippen LogP contribution in [0.15, 0.2) is 18.2 Å². The molecule has 3 N–H and O–H groups in total. The van der Waals surface area contributed by atoms with Crippen LogP contribution >= 0.6 is 0 Å². The Labute approximate surface area is 118 Å². The molecule has 2 atom stereocenters. The monoisotopic (exact) mass is 276 g/mol. The molecule has 0 fully saturated rings. The van der Waals surface area contributed by atoms with Gasteiger partial charge in [-0.2, -0.15) is 0 Å². The fraction of sp³-hybridized carbons (Fsp3) is 0.467. The summed E-state index contributed by atoms with van der Waals surface area (Å²) in [5.41, 5.74) is 7.88. The molecule has 0 spiro atoms. The van der Waals surface area contributed by atoms with E-state index in [1.165, 1.54) is 0 Å². The fourth-order valence-electron chi connectivity index (χ4n) is 2.42. The summed E-state index contributed by atoms with van der Waals surface area (Å²) >= 11 is 0. The summed E-state index contributed by atoms with van der Waals surface area (Å²) in [6.45, 7) is 4.52. The fourth-order valence-corrected chi connectivity index (χ4v) is 2.42. The second-order valence-corrected chi connectivity index (χ2v) is 5.30. The van der Waals surface area contributed by atoms with E-state index in [1.54, 1.807) is 23.1 Å². The van der Waals surface area contributed by atoms with Crippen molar-refractivity contribution in [3.8, 4) is 0 Å². The molecule has 108 valence electrons. The summed E-state index contributed by atoms with van der Waals surface area (Å²) < 4.78 is 0. The summed E-state index contributed by atoms with van der Waals surface area (Å²) in [5.74, 6) is -1.01. The summed E-state index contributed by atoms with van der Waals surface area (Å²) in [7, 11) is 0. The highest BCUT2D eigenvalue weighted by Crippen LogP contribution is 2.30. The Morgan fingerprint density at radius 1 is 1.45 bits per heavy atom. The maximum Gasteiger partial charge on any atom is 0.335 e. The van der Waals surface area contributed by atoms with Gasteiger partial charge in [-0.1, -0.05) is 26.3 Å². The van der Waals surface area contributed by atoms with Crippen LogP contribution in [0.5, 0.6) is 0 Å². The Morgan fingerprint density at radius 2 is 2.15 bits per heavy atom. The number of anilines is 1. The smallest absolute Gasteiger partial charge is 0.335 e. The number of nitrogens with two attached hydrogens (primary N) is 1. The van der Waals surface area contributed by atoms with Crippen molar-refractivity contribution in [1.29, 1.82) is 0 Å². The number of carboxylic acids is 1. The van der Waals surface area contributed by atoms with Gasteiger partial charge in [0, 0.05) is 12.2 Å². The highest BCUT2D eigenvalue weighted by Gasteiger charge is 2.30. The maximum atomic E-state index is 12.4. The first kappa shape index (κ1) is 14.5. The molecule has 2 rings (SSSR count). The highest BCUT2D eigenvalue weighted by molar-refractivity contribution is 6.00. The summed E-state index contributed by atoms with van der Waals surface area (Å²) in [4.78, 5) is 25.1. The van der Waals surface area contributed by atoms with Crippen molar-refractivity contribution in [1.82, 2.24) is 0 Å². The van der Waals surface area contributed by atoms with Crippen molar-refractivity contribution in [3.63, 3.8) is 0 Å². The van der Waals surface area contributed by atoms with Crippen LogP contribution in [0.1, 0.15) is 36.2 Å². The van der Waals surface area contributed by atoms with Crippen molar-refractivity contribution in [2.45, 2.75) is 32.7 Å². The molecular weight excluding hydrogens is 256 g/mol. The molecule has 1 heterocycles. The van der Waals surface area contributed by atoms with E-state index >= 15 is 0 Å². The van der Waals surface area contributed by atoms with E-state index in [1.807, 2.05) is 13.8 Å². The lowest BCUT2D eigenvalue weighted by Gasteiger charge is -2.25. The molecular formula is C15H20N2O3. The molecule has 1 aliphatic rings. The van der Waals surface area contributed by atoms with Gasteiger partial charge in [-0.05, 0) is 30.0 Å². The topological polar surface area (TPSA) is 83.6 Å². The first-order chi connectivity index (χ1) is 9.45. The Balaban J connectivity index is 2.28. The molecule has 0 saturated heterocycles. The third-order valence-electron chi connectivity index (χ3n) is 4.04. The van der Waals surface area contributed by atoms with Crippen LogP contribution < -0.4 is 10.6 Å². The van der Waals surface area contributed by atoms with Gasteiger partial charge < -0.3 is 15.7 Å². The van der Waals surface area contributed by atoms with E-state index in [2.05, 4.69) is 0 Å². The number of rotatable bonds is 4. The normalized spacial score (nSPS) is 16.6. The Bertz CT molecular complexity index is 542. The summed E-state index contributed by atoms with van der Waals surface area (Å²) in [5, 5.41) is 9.05. The number of aromatic carboxylic acids is 1. The van der Waals surface area contributed by atoms with E-state index in [0.717, 1.165) is 18.4 Å². The predicted molar refractivity (Wildman–Crippen MR) is 76.9 cm³/mol. The van der Waals surface area contributed by atoms with Crippen molar-refractivity contribution in [3.05, 3.63) is 29.3 Å². The largest absolute Gasteiger partial charge is 0.478 e. The van der Waals surface area contributed by atoms with E-state index in [4.69, 9.17) is 10.8 Å². The van der Waals surface area contributed by atoms with Gasteiger partial charge in [-0.3, -0.25) is 4.79 Å². The first-order valence-corrected chi connectivity index (χ1v) is 6.88. The van der Waals surface area contributed by atoms with Crippen LogP contribution in [-0.2, 0) is 11.2 Å². The minimum absolute atomic E-state index is 0.106. The minimum atomic E-state index is -0.988. The summed E-state index contributed by atoms with van der Waals surface area (Å²) in [6.07, 6.45) is 1.58. The zero-order valence-corrected chi connectivity index (χ0v) is 11.8. The number of carbonyl (C=O) groups is 2. The number of benzene rings is 1. The Kier molecular flexibility index (Phi) is 4.09. The number of carboxylic acid groups (broad SMARTS) is 1. The molecule has 0 aromatic heterocycles. The van der Waals surface area contributed by atoms with Gasteiger partial charge in [-0.25, -0.2) is 4.79 Å². The lowest BCUT2D eigenvalue weighted by molar-refractivity contribution is -0.120. The minimum Gasteiger partial charge on any atom is -0.478 e. The average Bonchev–Trinajstić information content (AvgIpc) is 2.87. The predicted octanol–water partition coefficient (Wildman–Crippen LogP) is 1.65. The average molecular weight is 276 g/mol. The SMILES string of the molecule is CCC(C)[C@H](N)C(=O)N1CCc2ccc(C(=O)O)cc21. The lowest BCUT2D eigenvalue weighted by Crippen LogP contribution is -2.46. The van der Waals surface area contributed by atoms with Crippen LogP contribution in [0.2, 0.25) is 0 Å². The Hall–Kier alpha value is -1.88. The van der Waals surface area contributed by atoms with Gasteiger partial charge in [0.25, 0.3) is 0 Å². The van der Waals surface area contributed by atoms with Gasteiger partial charge in [0.15, 0.2) is 0 Å². The molecule has 20 heavy (non-hydrogen) atoms. The van der Waals surface area contributed by atoms with Crippen molar-refractivity contribution in [2.24, 2.45) is 11.7 Å². The number of amides is 1. The number of hydrogen-bond acceptors (Lipinski definition) is 3. The maximum absolute atomic E-state index is 12.4. The molecule has 1 unspecified atom stereocenters. The molecule has 1 aromatic carbocycles. The van der Waals surface area contributed by atoms with E-state index < -0.39 is 12.0 Å². The quantitative estimate of drug-likeness (QED) is 0.875. The second-order valence-electron chi connectivity index (χ2n) is 5.30. The van der Waals surface area contributed by atoms with Gasteiger partial charge in [0.1, 0.15) is 0 Å². The standard InChI is InChI=1S/C15H20N2O3/c1-3-9(2)13(16)14(18)17-7-6-10-4-5-11(15(19)20)8-12(10)17/h4-5,8-9,13H,3,6-7,16H2,1-2H3,(H,19,20)/t9?,13-/m0/s1. The van der Waals surface area contributed by atoms with E-state index in [9.17, 15) is 9.59 Å². The van der Waals surface area contributed by atoms with Crippen LogP contribution in [0.25, 0.3) is 0 Å². The van der Waals surface area contributed by atoms with E-state index in [-0.39, 0.29) is 17.4 Å². The first-order valence-electron chi connectivity index (χ1n) is 6.88. The third-order valence-corrected chi connectivity index (χ3v) is 4.04. The van der Waals surface area contributed by atoms with Gasteiger partial charge >= 0.3 is 5.97 Å². The van der Waals surface area contributed by atoms with Gasteiger partial charge in [0.05, 0.1) is 11.6 Å². The number of carbonyl (C=O) groups excluding carboxylic acids is 1. The second kappa shape index (κ2) is 5.63. The molecule has 5 nitrogen and oxygen atoms in total. The van der Waals surface area contributed by atoms with Crippen LogP contribution in [0, 0.1) is 5.92 Å². The van der Waals surface area contributed by atoms with Crippen LogP contribution in [0.3, 0.4) is 0 Å². The van der Waals surface area contributed by atoms with Crippen LogP contribution in [-0.4, -0.2) is 29.6 Å². The zero-order chi connectivity index (χ0) is 14.9. The highest BCUT2D eigenvalue weighted by atomic mass is 16.4. The molecule has 1 aliphatic heterocycles. The number of fused-ring (bicyclic) bond motifs is 1. The zero-order valence-electron chi connectivity index (χ0n) is 11.8. The molecule has 0 bridgehead atoms. The number of nitrogens with zero attached hydrogens (tertiary/aromatic N) is 1. The van der Waals surface area contributed by atoms with Gasteiger partial charge in [-0.15, -0.1) is 0 Å². The molecule has 0 radical (unpaired) electrons. The molecule has 1 amide bonds. The molecule has 0 saturated carbocycles. The number of hydrogen-bond donors (Lipinski definition) is 2. The van der Waals surface area contributed by atoms with Crippen molar-refractivity contribution >= 4 is 17.6 Å². The molecule has 0 aliphatic carbocycles. The van der Waals surface area contributed by atoms with Crippen LogP contribution in [0.4, 0.5) is 5.69 Å². The van der Waals surface area contributed by atoms with Crippen molar-refractivity contribution < 1.29 is 14.7 Å². The Morgan fingerprint density at radius 3 is 2.75 bits per heavy atom. The summed E-state index contributed by atoms with van der Waals surface area (Å²) in [6, 6.07) is 4.37. The molecule has 1 aromatic rings. The molecule has 5 heteroatoms. The van der Waals surface area contributed by atoms with Gasteiger partial charge in [0.2, 0.25) is 5.91 Å².